The van der Waals surface area contributed by atoms with E-state index in [1.165, 1.54) is 5.56 Å². The van der Waals surface area contributed by atoms with E-state index in [1.54, 1.807) is 11.3 Å². The van der Waals surface area contributed by atoms with Gasteiger partial charge in [-0.2, -0.15) is 4.98 Å². The topological polar surface area (TPSA) is 71.3 Å². The second-order valence-corrected chi connectivity index (χ2v) is 8.78. The fourth-order valence-corrected chi connectivity index (χ4v) is 4.27. The van der Waals surface area contributed by atoms with Gasteiger partial charge in [0, 0.05) is 12.2 Å². The van der Waals surface area contributed by atoms with Crippen LogP contribution in [0.3, 0.4) is 0 Å². The molecular weight excluding hydrogens is 384 g/mol. The van der Waals surface area contributed by atoms with Crippen molar-refractivity contribution in [2.45, 2.75) is 39.2 Å². The lowest BCUT2D eigenvalue weighted by Crippen LogP contribution is -2.40. The number of anilines is 1. The van der Waals surface area contributed by atoms with Crippen LogP contribution >= 0.6 is 11.3 Å². The maximum absolute atomic E-state index is 12.8. The van der Waals surface area contributed by atoms with Gasteiger partial charge in [-0.3, -0.25) is 9.69 Å². The molecule has 3 aromatic rings. The lowest BCUT2D eigenvalue weighted by atomic mass is 9.97. The molecule has 4 rings (SSSR count). The highest BCUT2D eigenvalue weighted by Gasteiger charge is 2.27. The number of rotatable bonds is 6. The zero-order valence-corrected chi connectivity index (χ0v) is 17.6. The number of hydrogen-bond acceptors (Lipinski definition) is 6. The van der Waals surface area contributed by atoms with Crippen molar-refractivity contribution in [1.29, 1.82) is 0 Å². The average Bonchev–Trinajstić information content (AvgIpc) is 3.40. The Balaban J connectivity index is 1.33. The van der Waals surface area contributed by atoms with E-state index in [0.717, 1.165) is 30.0 Å². The van der Waals surface area contributed by atoms with Gasteiger partial charge in [-0.05, 0) is 54.4 Å². The number of likely N-dealkylation sites (tertiary alicyclic amines) is 1. The Morgan fingerprint density at radius 3 is 2.86 bits per heavy atom. The van der Waals surface area contributed by atoms with Gasteiger partial charge in [0.25, 0.3) is 0 Å². The molecule has 6 nitrogen and oxygen atoms in total. The predicted molar refractivity (Wildman–Crippen MR) is 115 cm³/mol. The van der Waals surface area contributed by atoms with E-state index in [2.05, 4.69) is 46.3 Å². The summed E-state index contributed by atoms with van der Waals surface area (Å²) in [6.45, 7) is 6.54. The molecule has 1 aliphatic rings. The Morgan fingerprint density at radius 1 is 1.31 bits per heavy atom. The smallest absolute Gasteiger partial charge is 0.241 e. The molecule has 1 amide bonds. The van der Waals surface area contributed by atoms with Crippen LogP contribution in [0, 0.1) is 5.92 Å². The van der Waals surface area contributed by atoms with Crippen LogP contribution in [0.5, 0.6) is 0 Å². The molecule has 0 saturated carbocycles. The summed E-state index contributed by atoms with van der Waals surface area (Å²) in [6, 6.07) is 12.1. The van der Waals surface area contributed by atoms with Crippen LogP contribution in [0.4, 0.5) is 5.69 Å². The number of nitrogens with one attached hydrogen (secondary N) is 1. The number of thiophene rings is 1. The molecule has 7 heteroatoms. The van der Waals surface area contributed by atoms with Gasteiger partial charge in [0.2, 0.25) is 17.6 Å². The van der Waals surface area contributed by atoms with Gasteiger partial charge in [0.15, 0.2) is 0 Å². The molecule has 1 atom stereocenters. The number of piperidine rings is 1. The third-order valence-electron chi connectivity index (χ3n) is 5.29. The van der Waals surface area contributed by atoms with Crippen molar-refractivity contribution in [3.8, 4) is 10.7 Å². The second kappa shape index (κ2) is 8.88. The Morgan fingerprint density at radius 2 is 2.14 bits per heavy atom. The van der Waals surface area contributed by atoms with Crippen molar-refractivity contribution in [3.63, 3.8) is 0 Å². The molecular formula is C22H26N4O2S. The van der Waals surface area contributed by atoms with Crippen molar-refractivity contribution in [2.24, 2.45) is 5.92 Å². The normalized spacial score (nSPS) is 17.6. The molecule has 1 aliphatic heterocycles. The molecule has 1 N–H and O–H groups in total. The first-order valence-corrected chi connectivity index (χ1v) is 11.0. The Kier molecular flexibility index (Phi) is 6.06. The van der Waals surface area contributed by atoms with E-state index in [-0.39, 0.29) is 11.8 Å². The summed E-state index contributed by atoms with van der Waals surface area (Å²) in [7, 11) is 0. The largest absolute Gasteiger partial charge is 0.338 e. The van der Waals surface area contributed by atoms with Crippen molar-refractivity contribution in [3.05, 3.63) is 53.2 Å². The first-order valence-electron chi connectivity index (χ1n) is 10.1. The lowest BCUT2D eigenvalue weighted by Gasteiger charge is -2.30. The standard InChI is InChI=1S/C22H26N4O2S/c1-15(2)16-7-9-18(10-8-16)23-22(27)17-5-3-11-26(13-17)14-20-24-21(25-28-20)19-6-4-12-29-19/h4,6-10,12,15,17H,3,5,11,13-14H2,1-2H3,(H,23,27). The first kappa shape index (κ1) is 19.8. The lowest BCUT2D eigenvalue weighted by molar-refractivity contribution is -0.121. The minimum Gasteiger partial charge on any atom is -0.338 e. The van der Waals surface area contributed by atoms with E-state index in [0.29, 0.717) is 30.7 Å². The molecule has 1 unspecified atom stereocenters. The number of nitrogens with zero attached hydrogens (tertiary/aromatic N) is 3. The third kappa shape index (κ3) is 4.92. The van der Waals surface area contributed by atoms with Crippen LogP contribution in [0.2, 0.25) is 0 Å². The minimum absolute atomic E-state index is 0.0341. The Labute approximate surface area is 174 Å². The maximum atomic E-state index is 12.8. The van der Waals surface area contributed by atoms with Gasteiger partial charge in [0.05, 0.1) is 17.3 Å². The van der Waals surface area contributed by atoms with Crippen LogP contribution in [0.1, 0.15) is 44.1 Å². The third-order valence-corrected chi connectivity index (χ3v) is 6.16. The molecule has 0 aliphatic carbocycles. The van der Waals surface area contributed by atoms with Crippen LogP contribution in [0.25, 0.3) is 10.7 Å². The summed E-state index contributed by atoms with van der Waals surface area (Å²) in [4.78, 5) is 20.5. The van der Waals surface area contributed by atoms with Crippen molar-refractivity contribution < 1.29 is 9.32 Å². The van der Waals surface area contributed by atoms with E-state index >= 15 is 0 Å². The highest BCUT2D eigenvalue weighted by molar-refractivity contribution is 7.13. The predicted octanol–water partition coefficient (Wildman–Crippen LogP) is 4.77. The molecule has 1 saturated heterocycles. The van der Waals surface area contributed by atoms with Crippen LogP contribution in [0.15, 0.2) is 46.3 Å². The van der Waals surface area contributed by atoms with Crippen LogP contribution < -0.4 is 5.32 Å². The zero-order chi connectivity index (χ0) is 20.2. The van der Waals surface area contributed by atoms with Gasteiger partial charge in [-0.25, -0.2) is 0 Å². The van der Waals surface area contributed by atoms with Crippen molar-refractivity contribution in [2.75, 3.05) is 18.4 Å². The molecule has 2 aromatic heterocycles. The second-order valence-electron chi connectivity index (χ2n) is 7.83. The summed E-state index contributed by atoms with van der Waals surface area (Å²) in [5, 5.41) is 9.14. The number of carbonyl (C=O) groups excluding carboxylic acids is 1. The molecule has 0 spiro atoms. The van der Waals surface area contributed by atoms with E-state index < -0.39 is 0 Å². The SMILES string of the molecule is CC(C)c1ccc(NC(=O)C2CCCN(Cc3nc(-c4cccs4)no3)C2)cc1. The fourth-order valence-electron chi connectivity index (χ4n) is 3.63. The Hall–Kier alpha value is -2.51. The number of amides is 1. The molecule has 1 fully saturated rings. The van der Waals surface area contributed by atoms with Gasteiger partial charge >= 0.3 is 0 Å². The quantitative estimate of drug-likeness (QED) is 0.634. The van der Waals surface area contributed by atoms with Gasteiger partial charge in [-0.15, -0.1) is 11.3 Å². The molecule has 29 heavy (non-hydrogen) atoms. The van der Waals surface area contributed by atoms with Gasteiger partial charge in [0.1, 0.15) is 0 Å². The van der Waals surface area contributed by atoms with Crippen LogP contribution in [-0.2, 0) is 11.3 Å². The molecule has 0 radical (unpaired) electrons. The number of hydrogen-bond donors (Lipinski definition) is 1. The summed E-state index contributed by atoms with van der Waals surface area (Å²) >= 11 is 1.59. The maximum Gasteiger partial charge on any atom is 0.241 e. The molecule has 0 bridgehead atoms. The summed E-state index contributed by atoms with van der Waals surface area (Å²) in [5.41, 5.74) is 2.13. The molecule has 3 heterocycles. The average molecular weight is 411 g/mol. The highest BCUT2D eigenvalue weighted by atomic mass is 32.1. The van der Waals surface area contributed by atoms with E-state index in [4.69, 9.17) is 4.52 Å². The first-order chi connectivity index (χ1) is 14.1. The summed E-state index contributed by atoms with van der Waals surface area (Å²) in [6.07, 6.45) is 1.88. The number of aromatic nitrogens is 2. The van der Waals surface area contributed by atoms with E-state index in [1.807, 2.05) is 29.6 Å². The zero-order valence-electron chi connectivity index (χ0n) is 16.8. The van der Waals surface area contributed by atoms with Gasteiger partial charge in [-0.1, -0.05) is 37.2 Å². The van der Waals surface area contributed by atoms with Gasteiger partial charge < -0.3 is 9.84 Å². The summed E-state index contributed by atoms with van der Waals surface area (Å²) < 4.78 is 5.42. The minimum atomic E-state index is -0.0341. The number of carbonyl (C=O) groups is 1. The number of benzene rings is 1. The fraction of sp³-hybridized carbons (Fsp3) is 0.409. The van der Waals surface area contributed by atoms with Crippen LogP contribution in [-0.4, -0.2) is 34.0 Å². The van der Waals surface area contributed by atoms with Crippen molar-refractivity contribution >= 4 is 22.9 Å². The van der Waals surface area contributed by atoms with E-state index in [9.17, 15) is 4.79 Å². The van der Waals surface area contributed by atoms with Crippen molar-refractivity contribution in [1.82, 2.24) is 15.0 Å². The summed E-state index contributed by atoms with van der Waals surface area (Å²) in [5.74, 6) is 1.76. The molecule has 1 aromatic carbocycles. The highest BCUT2D eigenvalue weighted by Crippen LogP contribution is 2.24. The Bertz CT molecular complexity index is 934. The molecule has 152 valence electrons. The monoisotopic (exact) mass is 410 g/mol.